The van der Waals surface area contributed by atoms with Crippen molar-refractivity contribution in [3.8, 4) is 11.5 Å². The molecule has 0 unspecified atom stereocenters. The van der Waals surface area contributed by atoms with Gasteiger partial charge in [0, 0.05) is 18.8 Å². The zero-order valence-corrected chi connectivity index (χ0v) is 20.1. The van der Waals surface area contributed by atoms with E-state index in [9.17, 15) is 13.6 Å². The Morgan fingerprint density at radius 3 is 2.42 bits per heavy atom. The van der Waals surface area contributed by atoms with Gasteiger partial charge >= 0.3 is 0 Å². The first-order valence-electron chi connectivity index (χ1n) is 11.6. The molecule has 1 fully saturated rings. The van der Waals surface area contributed by atoms with Crippen LogP contribution in [-0.2, 0) is 11.4 Å². The number of hydrogen-bond acceptors (Lipinski definition) is 7. The summed E-state index contributed by atoms with van der Waals surface area (Å²) in [6.07, 6.45) is 4.56. The summed E-state index contributed by atoms with van der Waals surface area (Å²) in [6.45, 7) is 2.03. The van der Waals surface area contributed by atoms with Crippen LogP contribution in [0.1, 0.15) is 35.4 Å². The molecular weight excluding hydrogens is 470 g/mol. The highest BCUT2D eigenvalue weighted by Gasteiger charge is 2.23. The Labute approximate surface area is 207 Å². The predicted octanol–water partition coefficient (Wildman–Crippen LogP) is 4.09. The summed E-state index contributed by atoms with van der Waals surface area (Å²) in [5.74, 6) is -0.775. The van der Waals surface area contributed by atoms with Gasteiger partial charge in [0.05, 0.1) is 25.1 Å². The van der Waals surface area contributed by atoms with E-state index in [0.717, 1.165) is 18.5 Å². The Balaban J connectivity index is 1.32. The Kier molecular flexibility index (Phi) is 7.94. The first kappa shape index (κ1) is 25.3. The van der Waals surface area contributed by atoms with E-state index < -0.39 is 18.2 Å². The topological polar surface area (TPSA) is 96.8 Å². The molecule has 36 heavy (non-hydrogen) atoms. The van der Waals surface area contributed by atoms with Gasteiger partial charge in [0.15, 0.2) is 17.3 Å². The predicted molar refractivity (Wildman–Crippen MR) is 129 cm³/mol. The van der Waals surface area contributed by atoms with Crippen LogP contribution in [0.5, 0.6) is 11.5 Å². The lowest BCUT2D eigenvalue weighted by Gasteiger charge is -2.32. The molecule has 1 amide bonds. The number of aliphatic hydroxyl groups excluding tert-OH is 1. The summed E-state index contributed by atoms with van der Waals surface area (Å²) in [5.41, 5.74) is 2.03. The highest BCUT2D eigenvalue weighted by atomic mass is 19.1. The van der Waals surface area contributed by atoms with E-state index in [1.807, 2.05) is 24.3 Å². The lowest BCUT2D eigenvalue weighted by molar-refractivity contribution is -0.135. The second-order valence-electron chi connectivity index (χ2n) is 8.59. The minimum Gasteiger partial charge on any atom is -0.494 e. The number of rotatable bonds is 8. The van der Waals surface area contributed by atoms with E-state index in [0.29, 0.717) is 25.0 Å². The molecule has 190 valence electrons. The van der Waals surface area contributed by atoms with Crippen LogP contribution in [0.15, 0.2) is 42.7 Å². The molecular formula is C26H28F2N4O4. The van der Waals surface area contributed by atoms with Crippen molar-refractivity contribution >= 4 is 17.5 Å². The number of nitrogens with zero attached hydrogens (tertiary/aromatic N) is 3. The monoisotopic (exact) mass is 498 g/mol. The van der Waals surface area contributed by atoms with Crippen molar-refractivity contribution in [3.63, 3.8) is 0 Å². The summed E-state index contributed by atoms with van der Waals surface area (Å²) >= 11 is 0. The number of halogens is 2. The van der Waals surface area contributed by atoms with Crippen LogP contribution in [0, 0.1) is 18.6 Å². The van der Waals surface area contributed by atoms with Gasteiger partial charge in [-0.05, 0) is 55.0 Å². The number of methoxy groups -OCH3 is 1. The number of anilines is 2. The molecule has 4 rings (SSSR count). The van der Waals surface area contributed by atoms with Crippen LogP contribution < -0.4 is 14.8 Å². The van der Waals surface area contributed by atoms with E-state index in [-0.39, 0.29) is 35.1 Å². The van der Waals surface area contributed by atoms with Crippen molar-refractivity contribution < 1.29 is 28.2 Å². The summed E-state index contributed by atoms with van der Waals surface area (Å²) < 4.78 is 39.2. The van der Waals surface area contributed by atoms with Crippen LogP contribution in [-0.4, -0.2) is 52.7 Å². The third-order valence-corrected chi connectivity index (χ3v) is 6.29. The Bertz CT molecular complexity index is 1200. The molecule has 2 N–H and O–H groups in total. The average molecular weight is 499 g/mol. The maximum Gasteiger partial charge on any atom is 0.248 e. The van der Waals surface area contributed by atoms with E-state index in [2.05, 4.69) is 15.3 Å². The standard InChI is InChI=1S/C26H28F2N4O4/c1-16-11-22(35-2)25(28)21(24(16)27)15-36-20-12-29-26(30-13-20)31-19-5-3-17(4-6-19)18-7-9-32(10-8-18)23(34)14-33/h3-6,11-13,18,33H,7-10,14-15H2,1-2H3,(H,29,30,31). The molecule has 0 aliphatic carbocycles. The lowest BCUT2D eigenvalue weighted by Crippen LogP contribution is -2.39. The van der Waals surface area contributed by atoms with Crippen molar-refractivity contribution in [2.45, 2.75) is 32.3 Å². The highest BCUT2D eigenvalue weighted by molar-refractivity contribution is 5.77. The first-order chi connectivity index (χ1) is 17.4. The number of aliphatic hydroxyl groups is 1. The van der Waals surface area contributed by atoms with E-state index in [1.54, 1.807) is 4.90 Å². The van der Waals surface area contributed by atoms with Crippen LogP contribution >= 0.6 is 0 Å². The van der Waals surface area contributed by atoms with Crippen molar-refractivity contribution in [1.82, 2.24) is 14.9 Å². The van der Waals surface area contributed by atoms with Crippen molar-refractivity contribution in [3.05, 3.63) is 71.1 Å². The Morgan fingerprint density at radius 1 is 1.14 bits per heavy atom. The van der Waals surface area contributed by atoms with E-state index in [4.69, 9.17) is 14.6 Å². The molecule has 0 atom stereocenters. The number of hydrogen-bond donors (Lipinski definition) is 2. The molecule has 0 spiro atoms. The second kappa shape index (κ2) is 11.3. The smallest absolute Gasteiger partial charge is 0.248 e. The summed E-state index contributed by atoms with van der Waals surface area (Å²) in [6, 6.07) is 9.24. The van der Waals surface area contributed by atoms with Gasteiger partial charge in [-0.25, -0.2) is 18.7 Å². The van der Waals surface area contributed by atoms with E-state index in [1.165, 1.54) is 38.1 Å². The van der Waals surface area contributed by atoms with Gasteiger partial charge in [-0.3, -0.25) is 4.79 Å². The summed E-state index contributed by atoms with van der Waals surface area (Å²) in [7, 11) is 1.32. The molecule has 0 saturated carbocycles. The largest absolute Gasteiger partial charge is 0.494 e. The molecule has 3 aromatic rings. The van der Waals surface area contributed by atoms with Gasteiger partial charge < -0.3 is 24.8 Å². The summed E-state index contributed by atoms with van der Waals surface area (Å²) in [4.78, 5) is 21.7. The normalized spacial score (nSPS) is 14.0. The number of benzene rings is 2. The van der Waals surface area contributed by atoms with Gasteiger partial charge in [0.1, 0.15) is 19.0 Å². The Hall–Kier alpha value is -3.79. The molecule has 2 heterocycles. The molecule has 1 aliphatic rings. The fourth-order valence-corrected chi connectivity index (χ4v) is 4.22. The van der Waals surface area contributed by atoms with Crippen molar-refractivity contribution in [2.75, 3.05) is 32.1 Å². The van der Waals surface area contributed by atoms with Gasteiger partial charge in [-0.2, -0.15) is 0 Å². The lowest BCUT2D eigenvalue weighted by atomic mass is 9.89. The number of likely N-dealkylation sites (tertiary alicyclic amines) is 1. The SMILES string of the molecule is COc1cc(C)c(F)c(COc2cnc(Nc3ccc(C4CCN(C(=O)CO)CC4)cc3)nc2)c1F. The molecule has 8 nitrogen and oxygen atoms in total. The molecule has 1 aliphatic heterocycles. The maximum atomic E-state index is 14.4. The minimum atomic E-state index is -0.799. The molecule has 2 aromatic carbocycles. The third kappa shape index (κ3) is 5.71. The zero-order chi connectivity index (χ0) is 25.7. The van der Waals surface area contributed by atoms with Gasteiger partial charge in [0.25, 0.3) is 0 Å². The number of carbonyl (C=O) groups is 1. The molecule has 10 heteroatoms. The first-order valence-corrected chi connectivity index (χ1v) is 11.6. The molecule has 1 saturated heterocycles. The number of nitrogens with one attached hydrogen (secondary N) is 1. The fourth-order valence-electron chi connectivity index (χ4n) is 4.22. The van der Waals surface area contributed by atoms with Crippen LogP contribution in [0.3, 0.4) is 0 Å². The maximum absolute atomic E-state index is 14.4. The Morgan fingerprint density at radius 2 is 1.81 bits per heavy atom. The van der Waals surface area contributed by atoms with Crippen LogP contribution in [0.2, 0.25) is 0 Å². The number of aromatic nitrogens is 2. The second-order valence-corrected chi connectivity index (χ2v) is 8.59. The van der Waals surface area contributed by atoms with Crippen LogP contribution in [0.25, 0.3) is 0 Å². The molecule has 1 aromatic heterocycles. The van der Waals surface area contributed by atoms with Gasteiger partial charge in [0.2, 0.25) is 11.9 Å². The van der Waals surface area contributed by atoms with E-state index >= 15 is 0 Å². The van der Waals surface area contributed by atoms with Crippen molar-refractivity contribution in [2.24, 2.45) is 0 Å². The highest BCUT2D eigenvalue weighted by Crippen LogP contribution is 2.30. The number of carbonyl (C=O) groups excluding carboxylic acids is 1. The van der Waals surface area contributed by atoms with Gasteiger partial charge in [-0.1, -0.05) is 12.1 Å². The molecule has 0 bridgehead atoms. The van der Waals surface area contributed by atoms with Gasteiger partial charge in [-0.15, -0.1) is 0 Å². The molecule has 0 radical (unpaired) electrons. The quantitative estimate of drug-likeness (QED) is 0.483. The fraction of sp³-hybridized carbons (Fsp3) is 0.346. The average Bonchev–Trinajstić information content (AvgIpc) is 2.91. The van der Waals surface area contributed by atoms with Crippen LogP contribution in [0.4, 0.5) is 20.4 Å². The summed E-state index contributed by atoms with van der Waals surface area (Å²) in [5, 5.41) is 12.1. The number of ether oxygens (including phenoxy) is 2. The third-order valence-electron chi connectivity index (χ3n) is 6.29. The zero-order valence-electron chi connectivity index (χ0n) is 20.1. The number of piperidine rings is 1. The minimum absolute atomic E-state index is 0.0448. The number of amides is 1. The van der Waals surface area contributed by atoms with Crippen molar-refractivity contribution in [1.29, 1.82) is 0 Å². The number of aryl methyl sites for hydroxylation is 1.